The Morgan fingerprint density at radius 1 is 0.964 bits per heavy atom. The van der Waals surface area contributed by atoms with Gasteiger partial charge in [-0.05, 0) is 43.5 Å². The summed E-state index contributed by atoms with van der Waals surface area (Å²) in [6, 6.07) is 21.6. The molecule has 0 unspecified atom stereocenters. The highest BCUT2D eigenvalue weighted by Crippen LogP contribution is 2.22. The largest absolute Gasteiger partial charge is 0.341 e. The van der Waals surface area contributed by atoms with Crippen LogP contribution in [0.3, 0.4) is 0 Å². The topological polar surface area (TPSA) is 49.3 Å². The monoisotopic (exact) mass is 372 g/mol. The molecule has 0 radical (unpaired) electrons. The first-order valence-corrected chi connectivity index (χ1v) is 9.72. The van der Waals surface area contributed by atoms with Gasteiger partial charge in [0.15, 0.2) is 0 Å². The third-order valence-electron chi connectivity index (χ3n) is 4.95. The molecule has 142 valence electrons. The average Bonchev–Trinajstić information content (AvgIpc) is 3.27. The van der Waals surface area contributed by atoms with Crippen molar-refractivity contribution in [3.05, 3.63) is 83.7 Å². The minimum absolute atomic E-state index is 0.110. The maximum absolute atomic E-state index is 13.5. The fraction of sp³-hybridized carbons (Fsp3) is 0.261. The predicted molar refractivity (Wildman–Crippen MR) is 112 cm³/mol. The number of amides is 1. The molecule has 2 aromatic carbocycles. The summed E-state index contributed by atoms with van der Waals surface area (Å²) in [5.74, 6) is 0.551. The van der Waals surface area contributed by atoms with Crippen molar-refractivity contribution in [1.82, 2.24) is 9.97 Å². The van der Waals surface area contributed by atoms with Crippen LogP contribution in [0.15, 0.2) is 66.7 Å². The van der Waals surface area contributed by atoms with E-state index < -0.39 is 0 Å². The van der Waals surface area contributed by atoms with Crippen molar-refractivity contribution in [3.8, 4) is 0 Å². The molecule has 0 aliphatic carbocycles. The van der Waals surface area contributed by atoms with E-state index in [-0.39, 0.29) is 5.91 Å². The van der Waals surface area contributed by atoms with E-state index in [1.807, 2.05) is 67.6 Å². The zero-order chi connectivity index (χ0) is 19.3. The number of nitrogens with zero attached hydrogens (tertiary/aromatic N) is 4. The summed E-state index contributed by atoms with van der Waals surface area (Å²) >= 11 is 0. The van der Waals surface area contributed by atoms with Crippen LogP contribution in [0.2, 0.25) is 0 Å². The number of rotatable bonds is 5. The van der Waals surface area contributed by atoms with E-state index in [1.54, 1.807) is 11.0 Å². The number of carbonyl (C=O) groups is 1. The zero-order valence-corrected chi connectivity index (χ0v) is 16.1. The summed E-state index contributed by atoms with van der Waals surface area (Å²) in [6.07, 6.45) is 2.29. The van der Waals surface area contributed by atoms with Crippen molar-refractivity contribution < 1.29 is 4.79 Å². The third-order valence-corrected chi connectivity index (χ3v) is 4.95. The molecule has 0 spiro atoms. The van der Waals surface area contributed by atoms with Crippen molar-refractivity contribution in [2.24, 2.45) is 0 Å². The number of para-hydroxylation sites is 1. The maximum atomic E-state index is 13.5. The van der Waals surface area contributed by atoms with Gasteiger partial charge >= 0.3 is 0 Å². The summed E-state index contributed by atoms with van der Waals surface area (Å²) < 4.78 is 0. The molecular weight excluding hydrogens is 348 g/mol. The Kier molecular flexibility index (Phi) is 5.33. The average molecular weight is 372 g/mol. The lowest BCUT2D eigenvalue weighted by Crippen LogP contribution is -2.32. The molecule has 28 heavy (non-hydrogen) atoms. The summed E-state index contributed by atoms with van der Waals surface area (Å²) in [5, 5.41) is 0. The molecule has 1 aliphatic rings. The second-order valence-electron chi connectivity index (χ2n) is 7.10. The van der Waals surface area contributed by atoms with Crippen LogP contribution < -0.4 is 9.80 Å². The van der Waals surface area contributed by atoms with E-state index in [0.29, 0.717) is 18.2 Å². The second kappa shape index (κ2) is 8.21. The fourth-order valence-electron chi connectivity index (χ4n) is 3.51. The van der Waals surface area contributed by atoms with E-state index in [0.717, 1.165) is 42.9 Å². The van der Waals surface area contributed by atoms with Gasteiger partial charge in [0.05, 0.1) is 6.54 Å². The number of aryl methyl sites for hydroxylation is 1. The van der Waals surface area contributed by atoms with Gasteiger partial charge in [-0.3, -0.25) is 4.79 Å². The van der Waals surface area contributed by atoms with Crippen LogP contribution in [0.5, 0.6) is 0 Å². The van der Waals surface area contributed by atoms with Crippen molar-refractivity contribution >= 4 is 17.5 Å². The quantitative estimate of drug-likeness (QED) is 0.672. The molecule has 1 fully saturated rings. The lowest BCUT2D eigenvalue weighted by Gasteiger charge is -2.24. The fourth-order valence-corrected chi connectivity index (χ4v) is 3.51. The number of hydrogen-bond acceptors (Lipinski definition) is 4. The number of benzene rings is 2. The highest BCUT2D eigenvalue weighted by atomic mass is 16.2. The molecule has 0 bridgehead atoms. The summed E-state index contributed by atoms with van der Waals surface area (Å²) in [7, 11) is 0. The number of hydrogen-bond donors (Lipinski definition) is 0. The van der Waals surface area contributed by atoms with Crippen molar-refractivity contribution in [2.75, 3.05) is 22.9 Å². The molecular formula is C23H24N4O. The highest BCUT2D eigenvalue weighted by molar-refractivity contribution is 6.04. The predicted octanol–water partition coefficient (Wildman–Crippen LogP) is 4.23. The van der Waals surface area contributed by atoms with Gasteiger partial charge < -0.3 is 9.80 Å². The summed E-state index contributed by atoms with van der Waals surface area (Å²) in [5.41, 5.74) is 3.18. The van der Waals surface area contributed by atoms with Gasteiger partial charge in [-0.25, -0.2) is 9.97 Å². The first kappa shape index (κ1) is 18.2. The van der Waals surface area contributed by atoms with E-state index in [9.17, 15) is 4.79 Å². The van der Waals surface area contributed by atoms with E-state index in [1.165, 1.54) is 0 Å². The SMILES string of the molecule is Cc1cc(C(=O)N(Cc2ccccc2)c2ccccc2)nc(N2CCCC2)n1. The minimum Gasteiger partial charge on any atom is -0.341 e. The Bertz CT molecular complexity index is 937. The molecule has 5 nitrogen and oxygen atoms in total. The van der Waals surface area contributed by atoms with E-state index >= 15 is 0 Å². The first-order chi connectivity index (χ1) is 13.7. The van der Waals surface area contributed by atoms with Gasteiger partial charge in [0.25, 0.3) is 5.91 Å². The second-order valence-corrected chi connectivity index (χ2v) is 7.10. The Balaban J connectivity index is 1.69. The van der Waals surface area contributed by atoms with Gasteiger partial charge in [0.1, 0.15) is 5.69 Å². The molecule has 0 N–H and O–H groups in total. The normalized spacial score (nSPS) is 13.5. The van der Waals surface area contributed by atoms with Crippen LogP contribution in [0.1, 0.15) is 34.6 Å². The molecule has 1 aliphatic heterocycles. The van der Waals surface area contributed by atoms with Crippen LogP contribution in [-0.2, 0) is 6.54 Å². The third kappa shape index (κ3) is 4.03. The Morgan fingerprint density at radius 3 is 2.29 bits per heavy atom. The minimum atomic E-state index is -0.110. The van der Waals surface area contributed by atoms with Crippen molar-refractivity contribution in [3.63, 3.8) is 0 Å². The highest BCUT2D eigenvalue weighted by Gasteiger charge is 2.23. The van der Waals surface area contributed by atoms with Crippen LogP contribution in [-0.4, -0.2) is 29.0 Å². The molecule has 3 aromatic rings. The molecule has 1 saturated heterocycles. The molecule has 1 aromatic heterocycles. The van der Waals surface area contributed by atoms with Gasteiger partial charge in [0.2, 0.25) is 5.95 Å². The number of aromatic nitrogens is 2. The number of anilines is 2. The zero-order valence-electron chi connectivity index (χ0n) is 16.1. The van der Waals surface area contributed by atoms with Crippen LogP contribution in [0, 0.1) is 6.92 Å². The standard InChI is InChI=1S/C23H24N4O/c1-18-16-21(25-23(24-18)26-14-8-9-15-26)22(28)27(20-12-6-3-7-13-20)17-19-10-4-2-5-11-19/h2-7,10-13,16H,8-9,14-15,17H2,1H3. The van der Waals surface area contributed by atoms with Gasteiger partial charge in [-0.15, -0.1) is 0 Å². The van der Waals surface area contributed by atoms with Crippen LogP contribution in [0.4, 0.5) is 11.6 Å². The lowest BCUT2D eigenvalue weighted by molar-refractivity contribution is 0.0980. The summed E-state index contributed by atoms with van der Waals surface area (Å²) in [6.45, 7) is 4.31. The Hall–Kier alpha value is -3.21. The molecule has 4 rings (SSSR count). The first-order valence-electron chi connectivity index (χ1n) is 9.72. The van der Waals surface area contributed by atoms with Gasteiger partial charge in [-0.1, -0.05) is 48.5 Å². The smallest absolute Gasteiger partial charge is 0.277 e. The molecule has 0 saturated carbocycles. The molecule has 1 amide bonds. The lowest BCUT2D eigenvalue weighted by atomic mass is 10.1. The van der Waals surface area contributed by atoms with E-state index in [2.05, 4.69) is 14.9 Å². The maximum Gasteiger partial charge on any atom is 0.277 e. The van der Waals surface area contributed by atoms with E-state index in [4.69, 9.17) is 0 Å². The van der Waals surface area contributed by atoms with Crippen molar-refractivity contribution in [1.29, 1.82) is 0 Å². The van der Waals surface area contributed by atoms with Gasteiger partial charge in [-0.2, -0.15) is 0 Å². The van der Waals surface area contributed by atoms with Crippen LogP contribution in [0.25, 0.3) is 0 Å². The van der Waals surface area contributed by atoms with Crippen molar-refractivity contribution in [2.45, 2.75) is 26.3 Å². The van der Waals surface area contributed by atoms with Crippen LogP contribution >= 0.6 is 0 Å². The Morgan fingerprint density at radius 2 is 1.61 bits per heavy atom. The van der Waals surface area contributed by atoms with Gasteiger partial charge in [0, 0.05) is 24.5 Å². The molecule has 0 atom stereocenters. The Labute approximate surface area is 165 Å². The number of carbonyl (C=O) groups excluding carboxylic acids is 1. The molecule has 5 heteroatoms. The summed E-state index contributed by atoms with van der Waals surface area (Å²) in [4.78, 5) is 26.6. The molecule has 2 heterocycles.